The minimum Gasteiger partial charge on any atom is -0.369 e. The molecule has 1 N–H and O–H groups in total. The zero-order chi connectivity index (χ0) is 13.5. The van der Waals surface area contributed by atoms with Crippen LogP contribution in [0.1, 0.15) is 44.6 Å². The van der Waals surface area contributed by atoms with E-state index in [1.165, 1.54) is 31.2 Å². The SMILES string of the molecule is CCCNCc1ccc(F)c(N2CCCCCC2)c1. The highest BCUT2D eigenvalue weighted by Crippen LogP contribution is 2.24. The van der Waals surface area contributed by atoms with Crippen molar-refractivity contribution < 1.29 is 4.39 Å². The minimum absolute atomic E-state index is 0.0823. The molecular formula is C16H25FN2. The van der Waals surface area contributed by atoms with Crippen LogP contribution >= 0.6 is 0 Å². The molecule has 1 fully saturated rings. The molecule has 19 heavy (non-hydrogen) atoms. The van der Waals surface area contributed by atoms with E-state index in [-0.39, 0.29) is 5.82 Å². The van der Waals surface area contributed by atoms with E-state index < -0.39 is 0 Å². The van der Waals surface area contributed by atoms with Gasteiger partial charge in [0, 0.05) is 19.6 Å². The van der Waals surface area contributed by atoms with Crippen LogP contribution in [0.25, 0.3) is 0 Å². The summed E-state index contributed by atoms with van der Waals surface area (Å²) in [5.74, 6) is -0.0823. The van der Waals surface area contributed by atoms with Gasteiger partial charge < -0.3 is 10.2 Å². The summed E-state index contributed by atoms with van der Waals surface area (Å²) >= 11 is 0. The first-order valence-electron chi connectivity index (χ1n) is 7.55. The summed E-state index contributed by atoms with van der Waals surface area (Å²) in [5.41, 5.74) is 1.96. The fourth-order valence-electron chi connectivity index (χ4n) is 2.63. The van der Waals surface area contributed by atoms with Gasteiger partial charge in [-0.25, -0.2) is 4.39 Å². The van der Waals surface area contributed by atoms with E-state index in [1.54, 1.807) is 6.07 Å². The van der Waals surface area contributed by atoms with E-state index in [0.717, 1.165) is 38.3 Å². The molecule has 0 bridgehead atoms. The Bertz CT molecular complexity index is 384. The largest absolute Gasteiger partial charge is 0.369 e. The van der Waals surface area contributed by atoms with Gasteiger partial charge in [-0.1, -0.05) is 25.8 Å². The Morgan fingerprint density at radius 3 is 2.58 bits per heavy atom. The van der Waals surface area contributed by atoms with E-state index >= 15 is 0 Å². The van der Waals surface area contributed by atoms with Crippen molar-refractivity contribution in [1.29, 1.82) is 0 Å². The zero-order valence-corrected chi connectivity index (χ0v) is 11.9. The minimum atomic E-state index is -0.0823. The number of benzene rings is 1. The number of hydrogen-bond donors (Lipinski definition) is 1. The van der Waals surface area contributed by atoms with Crippen LogP contribution in [0.5, 0.6) is 0 Å². The van der Waals surface area contributed by atoms with Crippen molar-refractivity contribution >= 4 is 5.69 Å². The number of nitrogens with zero attached hydrogens (tertiary/aromatic N) is 1. The van der Waals surface area contributed by atoms with Crippen LogP contribution < -0.4 is 10.2 Å². The van der Waals surface area contributed by atoms with Crippen LogP contribution in [0, 0.1) is 5.82 Å². The van der Waals surface area contributed by atoms with Gasteiger partial charge in [-0.05, 0) is 43.5 Å². The quantitative estimate of drug-likeness (QED) is 0.816. The Labute approximate surface area is 116 Å². The van der Waals surface area contributed by atoms with Crippen LogP contribution in [0.15, 0.2) is 18.2 Å². The monoisotopic (exact) mass is 264 g/mol. The highest BCUT2D eigenvalue weighted by atomic mass is 19.1. The number of hydrogen-bond acceptors (Lipinski definition) is 2. The fourth-order valence-corrected chi connectivity index (χ4v) is 2.63. The number of anilines is 1. The molecule has 2 rings (SSSR count). The van der Waals surface area contributed by atoms with Gasteiger partial charge in [-0.2, -0.15) is 0 Å². The van der Waals surface area contributed by atoms with E-state index in [4.69, 9.17) is 0 Å². The summed E-state index contributed by atoms with van der Waals surface area (Å²) < 4.78 is 14.0. The van der Waals surface area contributed by atoms with E-state index in [9.17, 15) is 4.39 Å². The second kappa shape index (κ2) is 7.49. The molecule has 1 aromatic rings. The maximum absolute atomic E-state index is 14.0. The molecule has 0 radical (unpaired) electrons. The second-order valence-corrected chi connectivity index (χ2v) is 5.36. The topological polar surface area (TPSA) is 15.3 Å². The van der Waals surface area contributed by atoms with Crippen LogP contribution in [-0.2, 0) is 6.54 Å². The van der Waals surface area contributed by atoms with Gasteiger partial charge in [0.05, 0.1) is 5.69 Å². The van der Waals surface area contributed by atoms with Crippen LogP contribution in [0.4, 0.5) is 10.1 Å². The lowest BCUT2D eigenvalue weighted by Gasteiger charge is -2.23. The fraction of sp³-hybridized carbons (Fsp3) is 0.625. The average molecular weight is 264 g/mol. The molecule has 3 heteroatoms. The van der Waals surface area contributed by atoms with Crippen LogP contribution in [0.3, 0.4) is 0 Å². The molecule has 1 aliphatic rings. The number of nitrogens with one attached hydrogen (secondary N) is 1. The lowest BCUT2D eigenvalue weighted by Crippen LogP contribution is -2.25. The second-order valence-electron chi connectivity index (χ2n) is 5.36. The molecule has 1 saturated heterocycles. The maximum Gasteiger partial charge on any atom is 0.146 e. The summed E-state index contributed by atoms with van der Waals surface area (Å²) in [5, 5.41) is 3.37. The van der Waals surface area contributed by atoms with E-state index in [0.29, 0.717) is 0 Å². The van der Waals surface area contributed by atoms with Gasteiger partial charge in [-0.15, -0.1) is 0 Å². The van der Waals surface area contributed by atoms with Gasteiger partial charge in [0.2, 0.25) is 0 Å². The molecule has 106 valence electrons. The van der Waals surface area contributed by atoms with Crippen LogP contribution in [-0.4, -0.2) is 19.6 Å². The highest BCUT2D eigenvalue weighted by molar-refractivity contribution is 5.50. The summed E-state index contributed by atoms with van der Waals surface area (Å²) in [6.45, 7) is 5.97. The lowest BCUT2D eigenvalue weighted by atomic mass is 10.1. The smallest absolute Gasteiger partial charge is 0.146 e. The molecule has 0 aromatic heterocycles. The lowest BCUT2D eigenvalue weighted by molar-refractivity contribution is 0.613. The summed E-state index contributed by atoms with van der Waals surface area (Å²) in [4.78, 5) is 2.21. The molecule has 1 aromatic carbocycles. The molecule has 0 atom stereocenters. The maximum atomic E-state index is 14.0. The molecule has 0 unspecified atom stereocenters. The molecule has 1 aliphatic heterocycles. The predicted octanol–water partition coefficient (Wildman–Crippen LogP) is 3.71. The summed E-state index contributed by atoms with van der Waals surface area (Å²) in [6, 6.07) is 5.52. The van der Waals surface area contributed by atoms with Crippen LogP contribution in [0.2, 0.25) is 0 Å². The third-order valence-electron chi connectivity index (χ3n) is 3.71. The van der Waals surface area contributed by atoms with Gasteiger partial charge in [0.15, 0.2) is 0 Å². The predicted molar refractivity (Wildman–Crippen MR) is 79.1 cm³/mol. The average Bonchev–Trinajstić information content (AvgIpc) is 2.70. The molecule has 0 spiro atoms. The van der Waals surface area contributed by atoms with Crippen molar-refractivity contribution in [3.8, 4) is 0 Å². The molecular weight excluding hydrogens is 239 g/mol. The van der Waals surface area contributed by atoms with Crippen molar-refractivity contribution in [2.75, 3.05) is 24.5 Å². The van der Waals surface area contributed by atoms with E-state index in [1.807, 2.05) is 12.1 Å². The van der Waals surface area contributed by atoms with Gasteiger partial charge in [0.25, 0.3) is 0 Å². The van der Waals surface area contributed by atoms with Crippen molar-refractivity contribution in [2.24, 2.45) is 0 Å². The molecule has 2 nitrogen and oxygen atoms in total. The third kappa shape index (κ3) is 4.20. The first-order chi connectivity index (χ1) is 9.31. The number of halogens is 1. The Balaban J connectivity index is 2.06. The number of rotatable bonds is 5. The van der Waals surface area contributed by atoms with Crippen molar-refractivity contribution in [1.82, 2.24) is 5.32 Å². The normalized spacial score (nSPS) is 16.4. The van der Waals surface area contributed by atoms with Crippen molar-refractivity contribution in [2.45, 2.75) is 45.6 Å². The van der Waals surface area contributed by atoms with Gasteiger partial charge in [0.1, 0.15) is 5.82 Å². The van der Waals surface area contributed by atoms with Gasteiger partial charge >= 0.3 is 0 Å². The first kappa shape index (κ1) is 14.3. The highest BCUT2D eigenvalue weighted by Gasteiger charge is 2.14. The Morgan fingerprint density at radius 1 is 1.16 bits per heavy atom. The molecule has 0 amide bonds. The van der Waals surface area contributed by atoms with Crippen molar-refractivity contribution in [3.63, 3.8) is 0 Å². The Morgan fingerprint density at radius 2 is 1.89 bits per heavy atom. The van der Waals surface area contributed by atoms with Crippen molar-refractivity contribution in [3.05, 3.63) is 29.6 Å². The zero-order valence-electron chi connectivity index (χ0n) is 11.9. The third-order valence-corrected chi connectivity index (χ3v) is 3.71. The van der Waals surface area contributed by atoms with Gasteiger partial charge in [-0.3, -0.25) is 0 Å². The summed E-state index contributed by atoms with van der Waals surface area (Å²) in [6.07, 6.45) is 6.03. The Kier molecular flexibility index (Phi) is 5.64. The molecule has 0 saturated carbocycles. The molecule has 1 heterocycles. The van der Waals surface area contributed by atoms with E-state index in [2.05, 4.69) is 17.1 Å². The standard InChI is InChI=1S/C16H25FN2/c1-2-9-18-13-14-7-8-15(17)16(12-14)19-10-5-3-4-6-11-19/h7-8,12,18H,2-6,9-11,13H2,1H3. The Hall–Kier alpha value is -1.09. The first-order valence-corrected chi connectivity index (χ1v) is 7.55. The molecule has 0 aliphatic carbocycles. The summed E-state index contributed by atoms with van der Waals surface area (Å²) in [7, 11) is 0.